The predicted molar refractivity (Wildman–Crippen MR) is 110 cm³/mol. The fraction of sp³-hybridized carbons (Fsp3) is 0.409. The summed E-state index contributed by atoms with van der Waals surface area (Å²) < 4.78 is 0. The molecule has 1 aliphatic heterocycles. The van der Waals surface area contributed by atoms with E-state index < -0.39 is 0 Å². The van der Waals surface area contributed by atoms with Crippen LogP contribution >= 0.6 is 0 Å². The highest BCUT2D eigenvalue weighted by molar-refractivity contribution is 5.93. The van der Waals surface area contributed by atoms with Crippen molar-refractivity contribution in [1.29, 1.82) is 0 Å². The smallest absolute Gasteiger partial charge is 0.270 e. The Labute approximate surface area is 166 Å². The van der Waals surface area contributed by atoms with E-state index in [2.05, 4.69) is 15.2 Å². The van der Waals surface area contributed by atoms with Crippen molar-refractivity contribution in [2.24, 2.45) is 5.92 Å². The third-order valence-electron chi connectivity index (χ3n) is 4.94. The van der Waals surface area contributed by atoms with Crippen LogP contribution in [0.15, 0.2) is 48.7 Å². The summed E-state index contributed by atoms with van der Waals surface area (Å²) in [6.45, 7) is 7.45. The number of benzene rings is 1. The Balaban J connectivity index is 1.62. The number of pyridine rings is 1. The number of aromatic nitrogens is 1. The summed E-state index contributed by atoms with van der Waals surface area (Å²) in [5.41, 5.74) is 2.43. The van der Waals surface area contributed by atoms with Crippen molar-refractivity contribution in [1.82, 2.24) is 15.2 Å². The van der Waals surface area contributed by atoms with Gasteiger partial charge in [0, 0.05) is 50.5 Å². The maximum absolute atomic E-state index is 12.5. The van der Waals surface area contributed by atoms with Crippen LogP contribution in [0.25, 0.3) is 0 Å². The van der Waals surface area contributed by atoms with Gasteiger partial charge in [0.15, 0.2) is 0 Å². The molecule has 148 valence electrons. The lowest BCUT2D eigenvalue weighted by molar-refractivity contribution is -0.134. The minimum atomic E-state index is -0.183. The van der Waals surface area contributed by atoms with Gasteiger partial charge < -0.3 is 15.1 Å². The molecule has 0 saturated carbocycles. The van der Waals surface area contributed by atoms with Crippen LogP contribution in [-0.4, -0.2) is 47.9 Å². The maximum atomic E-state index is 12.5. The zero-order valence-corrected chi connectivity index (χ0v) is 16.6. The van der Waals surface area contributed by atoms with Crippen molar-refractivity contribution in [3.8, 4) is 0 Å². The predicted octanol–water partition coefficient (Wildman–Crippen LogP) is 2.71. The topological polar surface area (TPSA) is 65.5 Å². The number of hydrogen-bond acceptors (Lipinski definition) is 4. The van der Waals surface area contributed by atoms with E-state index in [0.717, 1.165) is 37.3 Å². The highest BCUT2D eigenvalue weighted by Gasteiger charge is 2.21. The second-order valence-electron chi connectivity index (χ2n) is 7.39. The highest BCUT2D eigenvalue weighted by atomic mass is 16.2. The first-order chi connectivity index (χ1) is 13.5. The molecule has 1 saturated heterocycles. The molecule has 2 heterocycles. The summed E-state index contributed by atoms with van der Waals surface area (Å²) in [4.78, 5) is 33.2. The molecule has 1 fully saturated rings. The van der Waals surface area contributed by atoms with Crippen LogP contribution in [0.2, 0.25) is 0 Å². The molecule has 0 aliphatic carbocycles. The van der Waals surface area contributed by atoms with Gasteiger partial charge in [0.05, 0.1) is 0 Å². The Hall–Kier alpha value is -2.89. The van der Waals surface area contributed by atoms with Gasteiger partial charge in [-0.25, -0.2) is 0 Å². The van der Waals surface area contributed by atoms with Crippen LogP contribution in [0, 0.1) is 5.92 Å². The molecule has 0 radical (unpaired) electrons. The van der Waals surface area contributed by atoms with Crippen molar-refractivity contribution in [2.45, 2.75) is 26.8 Å². The van der Waals surface area contributed by atoms with Crippen molar-refractivity contribution in [3.63, 3.8) is 0 Å². The Morgan fingerprint density at radius 1 is 1.07 bits per heavy atom. The van der Waals surface area contributed by atoms with Crippen LogP contribution in [0.4, 0.5) is 5.69 Å². The fourth-order valence-corrected chi connectivity index (χ4v) is 3.37. The molecule has 2 aromatic rings. The molecule has 2 amide bonds. The normalized spacial score (nSPS) is 14.7. The molecule has 1 N–H and O–H groups in total. The first kappa shape index (κ1) is 19.9. The van der Waals surface area contributed by atoms with Gasteiger partial charge in [0.25, 0.3) is 5.91 Å². The van der Waals surface area contributed by atoms with E-state index in [1.807, 2.05) is 61.2 Å². The van der Waals surface area contributed by atoms with E-state index in [1.165, 1.54) is 0 Å². The standard InChI is InChI=1S/C22H28N4O2/c1-17(2)22(28)26-12-6-11-25(13-14-26)19-9-10-23-20(15-19)21(27)24-16-18-7-4-3-5-8-18/h3-5,7-10,15,17H,6,11-14,16H2,1-2H3,(H,24,27). The molecule has 0 spiro atoms. The second kappa shape index (κ2) is 9.35. The maximum Gasteiger partial charge on any atom is 0.270 e. The molecule has 0 atom stereocenters. The van der Waals surface area contributed by atoms with Crippen LogP contribution in [0.5, 0.6) is 0 Å². The lowest BCUT2D eigenvalue weighted by Crippen LogP contribution is -2.37. The molecular weight excluding hydrogens is 352 g/mol. The molecule has 28 heavy (non-hydrogen) atoms. The van der Waals surface area contributed by atoms with Gasteiger partial charge in [-0.05, 0) is 24.1 Å². The molecule has 1 aromatic heterocycles. The first-order valence-electron chi connectivity index (χ1n) is 9.86. The molecule has 0 bridgehead atoms. The van der Waals surface area contributed by atoms with Gasteiger partial charge in [-0.2, -0.15) is 0 Å². The van der Waals surface area contributed by atoms with Crippen molar-refractivity contribution in [2.75, 3.05) is 31.1 Å². The van der Waals surface area contributed by atoms with E-state index in [4.69, 9.17) is 0 Å². The number of nitrogens with zero attached hydrogens (tertiary/aromatic N) is 3. The van der Waals surface area contributed by atoms with Gasteiger partial charge >= 0.3 is 0 Å². The van der Waals surface area contributed by atoms with E-state index in [9.17, 15) is 9.59 Å². The summed E-state index contributed by atoms with van der Waals surface area (Å²) in [7, 11) is 0. The molecule has 0 unspecified atom stereocenters. The fourth-order valence-electron chi connectivity index (χ4n) is 3.37. The Kier molecular flexibility index (Phi) is 6.63. The number of hydrogen-bond donors (Lipinski definition) is 1. The molecule has 1 aromatic carbocycles. The van der Waals surface area contributed by atoms with Gasteiger partial charge in [0.1, 0.15) is 5.69 Å². The molecular formula is C22H28N4O2. The van der Waals surface area contributed by atoms with E-state index >= 15 is 0 Å². The first-order valence-corrected chi connectivity index (χ1v) is 9.86. The third-order valence-corrected chi connectivity index (χ3v) is 4.94. The molecule has 6 nitrogen and oxygen atoms in total. The number of nitrogens with one attached hydrogen (secondary N) is 1. The van der Waals surface area contributed by atoms with Gasteiger partial charge in [0.2, 0.25) is 5.91 Å². The van der Waals surface area contributed by atoms with Gasteiger partial charge in [-0.1, -0.05) is 44.2 Å². The van der Waals surface area contributed by atoms with Crippen LogP contribution < -0.4 is 10.2 Å². The molecule has 3 rings (SSSR count). The van der Waals surface area contributed by atoms with E-state index in [1.54, 1.807) is 6.20 Å². The van der Waals surface area contributed by atoms with E-state index in [0.29, 0.717) is 18.8 Å². The second-order valence-corrected chi connectivity index (χ2v) is 7.39. The average Bonchev–Trinajstić information content (AvgIpc) is 2.98. The van der Waals surface area contributed by atoms with Crippen molar-refractivity contribution in [3.05, 3.63) is 59.9 Å². The summed E-state index contributed by atoms with van der Waals surface area (Å²) >= 11 is 0. The number of carbonyl (C=O) groups is 2. The van der Waals surface area contributed by atoms with E-state index in [-0.39, 0.29) is 17.7 Å². The van der Waals surface area contributed by atoms with Crippen LogP contribution in [-0.2, 0) is 11.3 Å². The monoisotopic (exact) mass is 380 g/mol. The van der Waals surface area contributed by atoms with Crippen LogP contribution in [0.1, 0.15) is 36.3 Å². The SMILES string of the molecule is CC(C)C(=O)N1CCCN(c2ccnc(C(=O)NCc3ccccc3)c2)CC1. The van der Waals surface area contributed by atoms with Crippen LogP contribution in [0.3, 0.4) is 0 Å². The summed E-state index contributed by atoms with van der Waals surface area (Å²) in [6.07, 6.45) is 2.59. The number of carbonyl (C=O) groups excluding carboxylic acids is 2. The van der Waals surface area contributed by atoms with Gasteiger partial charge in [-0.3, -0.25) is 14.6 Å². The number of amides is 2. The Bertz CT molecular complexity index is 807. The number of anilines is 1. The summed E-state index contributed by atoms with van der Waals surface area (Å²) in [5.74, 6) is 0.0436. The average molecular weight is 380 g/mol. The molecule has 1 aliphatic rings. The minimum Gasteiger partial charge on any atom is -0.370 e. The quantitative estimate of drug-likeness (QED) is 0.866. The zero-order chi connectivity index (χ0) is 19.9. The number of rotatable bonds is 5. The van der Waals surface area contributed by atoms with Crippen molar-refractivity contribution < 1.29 is 9.59 Å². The third kappa shape index (κ3) is 5.09. The lowest BCUT2D eigenvalue weighted by Gasteiger charge is -2.24. The Morgan fingerprint density at radius 3 is 2.61 bits per heavy atom. The highest BCUT2D eigenvalue weighted by Crippen LogP contribution is 2.18. The lowest BCUT2D eigenvalue weighted by atomic mass is 10.2. The summed E-state index contributed by atoms with van der Waals surface area (Å²) in [5, 5.41) is 2.92. The minimum absolute atomic E-state index is 0.0207. The largest absolute Gasteiger partial charge is 0.370 e. The molecule has 6 heteroatoms. The Morgan fingerprint density at radius 2 is 1.86 bits per heavy atom. The zero-order valence-electron chi connectivity index (χ0n) is 16.6. The van der Waals surface area contributed by atoms with Gasteiger partial charge in [-0.15, -0.1) is 0 Å². The summed E-state index contributed by atoms with van der Waals surface area (Å²) in [6, 6.07) is 13.6. The van der Waals surface area contributed by atoms with Crippen molar-refractivity contribution >= 4 is 17.5 Å².